The third-order valence-corrected chi connectivity index (χ3v) is 6.38. The van der Waals surface area contributed by atoms with Crippen LogP contribution < -0.4 is 14.2 Å². The van der Waals surface area contributed by atoms with E-state index in [9.17, 15) is 15.0 Å². The number of hydrogen-bond acceptors (Lipinski definition) is 5. The van der Waals surface area contributed by atoms with Gasteiger partial charge in [-0.25, -0.2) is 4.79 Å². The zero-order valence-electron chi connectivity index (χ0n) is 22.4. The molecule has 0 spiro atoms. The SMILES string of the molecule is CCCc1c(OCCCOc2cc(O)c(-c3ccccc3)cc2CC)cccc1Oc1ccccc1C(=O)O.[NaH]. The van der Waals surface area contributed by atoms with E-state index in [-0.39, 0.29) is 40.9 Å². The molecule has 204 valence electrons. The second-order valence-electron chi connectivity index (χ2n) is 9.13. The number of para-hydroxylation sites is 1. The van der Waals surface area contributed by atoms with E-state index in [4.69, 9.17) is 14.2 Å². The zero-order valence-corrected chi connectivity index (χ0v) is 22.4. The summed E-state index contributed by atoms with van der Waals surface area (Å²) in [4.78, 5) is 11.6. The summed E-state index contributed by atoms with van der Waals surface area (Å²) in [6.45, 7) is 5.00. The number of phenols is 1. The van der Waals surface area contributed by atoms with Crippen molar-refractivity contribution >= 4 is 35.5 Å². The Hall–Kier alpha value is -3.45. The molecule has 0 amide bonds. The molecule has 0 radical (unpaired) electrons. The molecule has 0 heterocycles. The number of hydrogen-bond donors (Lipinski definition) is 2. The summed E-state index contributed by atoms with van der Waals surface area (Å²) in [6.07, 6.45) is 3.03. The number of aryl methyl sites for hydroxylation is 1. The van der Waals surface area contributed by atoms with Gasteiger partial charge < -0.3 is 24.4 Å². The van der Waals surface area contributed by atoms with Gasteiger partial charge in [-0.1, -0.05) is 68.8 Å². The molecule has 0 aliphatic rings. The van der Waals surface area contributed by atoms with Crippen LogP contribution in [0, 0.1) is 0 Å². The van der Waals surface area contributed by atoms with Crippen molar-refractivity contribution in [2.24, 2.45) is 0 Å². The summed E-state index contributed by atoms with van der Waals surface area (Å²) in [5.41, 5.74) is 3.79. The molecule has 0 saturated heterocycles. The Morgan fingerprint density at radius 1 is 0.775 bits per heavy atom. The number of rotatable bonds is 13. The van der Waals surface area contributed by atoms with Crippen molar-refractivity contribution in [3.63, 3.8) is 0 Å². The molecule has 0 bridgehead atoms. The molecule has 4 aromatic rings. The Kier molecular flexibility index (Phi) is 11.9. The van der Waals surface area contributed by atoms with Gasteiger partial charge in [0.15, 0.2) is 0 Å². The van der Waals surface area contributed by atoms with Gasteiger partial charge in [0.1, 0.15) is 34.3 Å². The van der Waals surface area contributed by atoms with Crippen LogP contribution in [-0.4, -0.2) is 59.0 Å². The minimum atomic E-state index is -1.04. The van der Waals surface area contributed by atoms with Gasteiger partial charge in [-0.15, -0.1) is 0 Å². The predicted molar refractivity (Wildman–Crippen MR) is 160 cm³/mol. The third kappa shape index (κ3) is 7.81. The van der Waals surface area contributed by atoms with E-state index in [0.717, 1.165) is 41.5 Å². The number of carboxylic acids is 1. The van der Waals surface area contributed by atoms with E-state index in [1.165, 1.54) is 6.07 Å². The van der Waals surface area contributed by atoms with Crippen LogP contribution in [0.3, 0.4) is 0 Å². The van der Waals surface area contributed by atoms with Crippen molar-refractivity contribution < 1.29 is 29.2 Å². The van der Waals surface area contributed by atoms with Crippen LogP contribution in [-0.2, 0) is 12.8 Å². The molecule has 0 fully saturated rings. The van der Waals surface area contributed by atoms with Crippen molar-refractivity contribution in [2.45, 2.75) is 39.5 Å². The predicted octanol–water partition coefficient (Wildman–Crippen LogP) is 7.26. The molecule has 6 nitrogen and oxygen atoms in total. The van der Waals surface area contributed by atoms with Gasteiger partial charge in [0.05, 0.1) is 13.2 Å². The van der Waals surface area contributed by atoms with E-state index in [1.54, 1.807) is 24.3 Å². The first-order chi connectivity index (χ1) is 19.0. The van der Waals surface area contributed by atoms with E-state index in [1.807, 2.05) is 54.6 Å². The van der Waals surface area contributed by atoms with Crippen molar-refractivity contribution in [2.75, 3.05) is 13.2 Å². The zero-order chi connectivity index (χ0) is 27.6. The monoisotopic (exact) mass is 550 g/mol. The molecule has 7 heteroatoms. The average molecular weight is 551 g/mol. The van der Waals surface area contributed by atoms with Gasteiger partial charge in [-0.05, 0) is 54.3 Å². The molecule has 0 saturated carbocycles. The number of benzene rings is 4. The number of carboxylic acid groups (broad SMARTS) is 1. The van der Waals surface area contributed by atoms with E-state index in [2.05, 4.69) is 13.8 Å². The van der Waals surface area contributed by atoms with Gasteiger partial charge in [0.25, 0.3) is 0 Å². The Bertz CT molecular complexity index is 1400. The summed E-state index contributed by atoms with van der Waals surface area (Å²) >= 11 is 0. The summed E-state index contributed by atoms with van der Waals surface area (Å²) in [5, 5.41) is 20.1. The molecule has 40 heavy (non-hydrogen) atoms. The summed E-state index contributed by atoms with van der Waals surface area (Å²) in [5.74, 6) is 1.41. The van der Waals surface area contributed by atoms with Gasteiger partial charge in [-0.2, -0.15) is 0 Å². The third-order valence-electron chi connectivity index (χ3n) is 6.38. The second-order valence-corrected chi connectivity index (χ2v) is 9.13. The molecule has 0 aromatic heterocycles. The fourth-order valence-corrected chi connectivity index (χ4v) is 4.42. The summed E-state index contributed by atoms with van der Waals surface area (Å²) in [7, 11) is 0. The number of phenolic OH excluding ortho intramolecular Hbond substituents is 1. The van der Waals surface area contributed by atoms with Gasteiger partial charge >= 0.3 is 35.5 Å². The van der Waals surface area contributed by atoms with E-state index < -0.39 is 5.97 Å². The maximum absolute atomic E-state index is 11.6. The van der Waals surface area contributed by atoms with E-state index in [0.29, 0.717) is 42.6 Å². The molecule has 0 aliphatic heterocycles. The Balaban J connectivity index is 0.00000441. The molecule has 0 atom stereocenters. The Morgan fingerprint density at radius 3 is 2.12 bits per heavy atom. The topological polar surface area (TPSA) is 85.2 Å². The molecule has 2 N–H and O–H groups in total. The van der Waals surface area contributed by atoms with Crippen molar-refractivity contribution in [3.05, 3.63) is 102 Å². The van der Waals surface area contributed by atoms with Crippen molar-refractivity contribution in [1.29, 1.82) is 0 Å². The second kappa shape index (κ2) is 15.4. The number of aromatic carboxylic acids is 1. The first-order valence-corrected chi connectivity index (χ1v) is 13.3. The quantitative estimate of drug-likeness (QED) is 0.135. The van der Waals surface area contributed by atoms with Crippen LogP contribution in [0.4, 0.5) is 0 Å². The van der Waals surface area contributed by atoms with Gasteiger partial charge in [0.2, 0.25) is 0 Å². The van der Waals surface area contributed by atoms with Crippen LogP contribution >= 0.6 is 0 Å². The molecule has 0 aliphatic carbocycles. The molecule has 4 aromatic carbocycles. The van der Waals surface area contributed by atoms with E-state index >= 15 is 0 Å². The van der Waals surface area contributed by atoms with Crippen molar-refractivity contribution in [1.82, 2.24) is 0 Å². The van der Waals surface area contributed by atoms with Crippen LogP contribution in [0.2, 0.25) is 0 Å². The van der Waals surface area contributed by atoms with Crippen LogP contribution in [0.15, 0.2) is 84.9 Å². The maximum atomic E-state index is 11.6. The first kappa shape index (κ1) is 31.1. The minimum absolute atomic E-state index is 0. The normalized spacial score (nSPS) is 10.4. The molecule has 0 unspecified atom stereocenters. The summed E-state index contributed by atoms with van der Waals surface area (Å²) < 4.78 is 18.2. The van der Waals surface area contributed by atoms with Crippen LogP contribution in [0.5, 0.6) is 28.7 Å². The molecule has 4 rings (SSSR count). The molecular weight excluding hydrogens is 515 g/mol. The average Bonchev–Trinajstić information content (AvgIpc) is 2.95. The molecular formula is C33H35NaO6. The number of ether oxygens (including phenoxy) is 3. The number of carbonyl (C=O) groups is 1. The number of aromatic hydroxyl groups is 1. The van der Waals surface area contributed by atoms with Gasteiger partial charge in [-0.3, -0.25) is 0 Å². The standard InChI is InChI=1S/C33H34O6.Na.H/c1-3-12-25-29(17-10-18-30(25)39-31-16-9-8-15-26(31)33(35)36)37-19-11-20-38-32-22-28(34)27(21-23(32)4-2)24-13-6-5-7-14-24;;/h5-10,13-18,21-22,34H,3-4,11-12,19-20H2,1-2H3,(H,35,36);;. The Morgan fingerprint density at radius 2 is 1.43 bits per heavy atom. The van der Waals surface area contributed by atoms with Crippen LogP contribution in [0.1, 0.15) is 48.2 Å². The Labute approximate surface area is 257 Å². The van der Waals surface area contributed by atoms with Crippen LogP contribution in [0.25, 0.3) is 11.1 Å². The fraction of sp³-hybridized carbons (Fsp3) is 0.242. The fourth-order valence-electron chi connectivity index (χ4n) is 4.42. The van der Waals surface area contributed by atoms with Gasteiger partial charge in [0, 0.05) is 23.6 Å². The van der Waals surface area contributed by atoms with Crippen molar-refractivity contribution in [3.8, 4) is 39.9 Å². The first-order valence-electron chi connectivity index (χ1n) is 13.3. The summed E-state index contributed by atoms with van der Waals surface area (Å²) in [6, 6.07) is 25.7.